The molecule has 1 amide bonds. The molecule has 2 rings (SSSR count). The van der Waals surface area contributed by atoms with Crippen LogP contribution in [0.25, 0.3) is 0 Å². The van der Waals surface area contributed by atoms with Crippen LogP contribution in [0, 0.1) is 0 Å². The number of amides is 1. The van der Waals surface area contributed by atoms with E-state index in [0.717, 1.165) is 37.5 Å². The van der Waals surface area contributed by atoms with Gasteiger partial charge in [0, 0.05) is 39.2 Å². The number of guanidine groups is 1. The monoisotopic (exact) mass is 352 g/mol. The number of hydrogen-bond donors (Lipinski definition) is 2. The average Bonchev–Trinajstić information content (AvgIpc) is 3.15. The van der Waals surface area contributed by atoms with Crippen molar-refractivity contribution in [2.45, 2.75) is 25.3 Å². The van der Waals surface area contributed by atoms with E-state index in [4.69, 9.17) is 13.9 Å². The van der Waals surface area contributed by atoms with Crippen molar-refractivity contribution in [1.29, 1.82) is 0 Å². The van der Waals surface area contributed by atoms with E-state index >= 15 is 0 Å². The van der Waals surface area contributed by atoms with Crippen LogP contribution in [0.5, 0.6) is 0 Å². The molecular weight excluding hydrogens is 324 g/mol. The molecule has 1 fully saturated rings. The molecular formula is C17H28N4O4. The van der Waals surface area contributed by atoms with E-state index in [0.29, 0.717) is 26.2 Å². The second-order valence-corrected chi connectivity index (χ2v) is 5.85. The minimum atomic E-state index is -0.260. The number of carbonyl (C=O) groups is 1. The molecule has 8 nitrogen and oxygen atoms in total. The highest BCUT2D eigenvalue weighted by Crippen LogP contribution is 2.11. The minimum absolute atomic E-state index is 0.260. The summed E-state index contributed by atoms with van der Waals surface area (Å²) in [5.41, 5.74) is 0. The number of methoxy groups -OCH3 is 2. The maximum atomic E-state index is 11.5. The van der Waals surface area contributed by atoms with Gasteiger partial charge < -0.3 is 29.4 Å². The highest BCUT2D eigenvalue weighted by Gasteiger charge is 2.23. The van der Waals surface area contributed by atoms with Crippen LogP contribution in [0.4, 0.5) is 4.79 Å². The molecule has 2 N–H and O–H groups in total. The van der Waals surface area contributed by atoms with E-state index in [1.165, 1.54) is 7.11 Å². The topological polar surface area (TPSA) is 88.3 Å². The largest absolute Gasteiger partial charge is 0.469 e. The Labute approximate surface area is 148 Å². The lowest BCUT2D eigenvalue weighted by Gasteiger charge is -2.32. The molecule has 8 heteroatoms. The van der Waals surface area contributed by atoms with Crippen LogP contribution in [-0.2, 0) is 15.9 Å². The quantitative estimate of drug-likeness (QED) is 0.436. The first-order valence-electron chi connectivity index (χ1n) is 8.62. The van der Waals surface area contributed by atoms with Gasteiger partial charge in [-0.3, -0.25) is 4.99 Å². The summed E-state index contributed by atoms with van der Waals surface area (Å²) in [6, 6.07) is 4.12. The van der Waals surface area contributed by atoms with E-state index in [9.17, 15) is 4.79 Å². The fraction of sp³-hybridized carbons (Fsp3) is 0.647. The van der Waals surface area contributed by atoms with Crippen LogP contribution in [-0.4, -0.2) is 70.0 Å². The van der Waals surface area contributed by atoms with Crippen molar-refractivity contribution in [3.05, 3.63) is 24.2 Å². The number of rotatable bonds is 7. The van der Waals surface area contributed by atoms with Gasteiger partial charge >= 0.3 is 6.09 Å². The molecule has 140 valence electrons. The van der Waals surface area contributed by atoms with Crippen molar-refractivity contribution < 1.29 is 18.7 Å². The van der Waals surface area contributed by atoms with Crippen LogP contribution in [0.2, 0.25) is 0 Å². The lowest BCUT2D eigenvalue weighted by Crippen LogP contribution is -2.50. The van der Waals surface area contributed by atoms with Crippen molar-refractivity contribution in [1.82, 2.24) is 15.5 Å². The summed E-state index contributed by atoms with van der Waals surface area (Å²) in [7, 11) is 3.08. The zero-order valence-electron chi connectivity index (χ0n) is 15.0. The molecule has 0 spiro atoms. The summed E-state index contributed by atoms with van der Waals surface area (Å²) in [4.78, 5) is 17.8. The number of aliphatic imine (C=N–C) groups is 1. The van der Waals surface area contributed by atoms with Gasteiger partial charge in [-0.25, -0.2) is 4.79 Å². The second kappa shape index (κ2) is 10.6. The van der Waals surface area contributed by atoms with Crippen LogP contribution in [0.15, 0.2) is 27.8 Å². The number of nitrogens with zero attached hydrogens (tertiary/aromatic N) is 2. The molecule has 2 heterocycles. The Balaban J connectivity index is 1.79. The van der Waals surface area contributed by atoms with Crippen LogP contribution < -0.4 is 10.6 Å². The molecule has 1 aromatic rings. The molecule has 0 saturated carbocycles. The fourth-order valence-electron chi connectivity index (χ4n) is 2.69. The van der Waals surface area contributed by atoms with Crippen molar-refractivity contribution in [2.24, 2.45) is 4.99 Å². The number of carbonyl (C=O) groups excluding carboxylic acids is 1. The third-order valence-electron chi connectivity index (χ3n) is 4.08. The Morgan fingerprint density at radius 3 is 2.84 bits per heavy atom. The second-order valence-electron chi connectivity index (χ2n) is 5.85. The highest BCUT2D eigenvalue weighted by molar-refractivity contribution is 5.80. The van der Waals surface area contributed by atoms with Crippen molar-refractivity contribution in [2.75, 3.05) is 47.0 Å². The van der Waals surface area contributed by atoms with Crippen LogP contribution in [0.1, 0.15) is 18.6 Å². The number of likely N-dealkylation sites (tertiary alicyclic amines) is 1. The smallest absolute Gasteiger partial charge is 0.409 e. The maximum Gasteiger partial charge on any atom is 0.409 e. The molecule has 1 aromatic heterocycles. The highest BCUT2D eigenvalue weighted by atomic mass is 16.5. The van der Waals surface area contributed by atoms with E-state index < -0.39 is 0 Å². The number of hydrogen-bond acceptors (Lipinski definition) is 5. The van der Waals surface area contributed by atoms with Gasteiger partial charge in [-0.1, -0.05) is 0 Å². The Kier molecular flexibility index (Phi) is 8.11. The summed E-state index contributed by atoms with van der Waals surface area (Å²) in [5.74, 6) is 1.70. The van der Waals surface area contributed by atoms with E-state index in [2.05, 4.69) is 15.6 Å². The molecule has 1 aliphatic heterocycles. The number of piperidine rings is 1. The van der Waals surface area contributed by atoms with Gasteiger partial charge in [0.15, 0.2) is 5.96 Å². The normalized spacial score (nSPS) is 15.9. The predicted molar refractivity (Wildman–Crippen MR) is 94.7 cm³/mol. The van der Waals surface area contributed by atoms with Gasteiger partial charge in [0.2, 0.25) is 0 Å². The van der Waals surface area contributed by atoms with Gasteiger partial charge in [0.1, 0.15) is 5.76 Å². The molecule has 1 saturated heterocycles. The first-order valence-corrected chi connectivity index (χ1v) is 8.62. The summed E-state index contributed by atoms with van der Waals surface area (Å²) >= 11 is 0. The van der Waals surface area contributed by atoms with Crippen molar-refractivity contribution in [3.63, 3.8) is 0 Å². The SMILES string of the molecule is COCCN=C(NCCc1ccco1)NC1CCN(C(=O)OC)CC1. The summed E-state index contributed by atoms with van der Waals surface area (Å²) in [6.07, 6.45) is 3.93. The van der Waals surface area contributed by atoms with E-state index in [-0.39, 0.29) is 12.1 Å². The molecule has 1 aliphatic rings. The van der Waals surface area contributed by atoms with Gasteiger partial charge in [0.25, 0.3) is 0 Å². The average molecular weight is 352 g/mol. The van der Waals surface area contributed by atoms with Crippen LogP contribution in [0.3, 0.4) is 0 Å². The number of furan rings is 1. The number of nitrogens with one attached hydrogen (secondary N) is 2. The lowest BCUT2D eigenvalue weighted by atomic mass is 10.1. The Hall–Kier alpha value is -2.22. The van der Waals surface area contributed by atoms with Gasteiger partial charge in [-0.15, -0.1) is 0 Å². The molecule has 0 unspecified atom stereocenters. The molecule has 0 bridgehead atoms. The summed E-state index contributed by atoms with van der Waals surface area (Å²) in [6.45, 7) is 3.26. The lowest BCUT2D eigenvalue weighted by molar-refractivity contribution is 0.111. The van der Waals surface area contributed by atoms with Crippen LogP contribution >= 0.6 is 0 Å². The molecule has 0 aromatic carbocycles. The molecule has 0 aliphatic carbocycles. The van der Waals surface area contributed by atoms with Crippen molar-refractivity contribution >= 4 is 12.1 Å². The van der Waals surface area contributed by atoms with Gasteiger partial charge in [0.05, 0.1) is 26.5 Å². The van der Waals surface area contributed by atoms with Crippen molar-refractivity contribution in [3.8, 4) is 0 Å². The Morgan fingerprint density at radius 2 is 2.20 bits per heavy atom. The Bertz CT molecular complexity index is 525. The Morgan fingerprint density at radius 1 is 1.40 bits per heavy atom. The third-order valence-corrected chi connectivity index (χ3v) is 4.08. The van der Waals surface area contributed by atoms with Gasteiger partial charge in [-0.05, 0) is 25.0 Å². The fourth-order valence-corrected chi connectivity index (χ4v) is 2.69. The predicted octanol–water partition coefficient (Wildman–Crippen LogP) is 1.23. The zero-order chi connectivity index (χ0) is 17.9. The van der Waals surface area contributed by atoms with E-state index in [1.54, 1.807) is 18.3 Å². The maximum absolute atomic E-state index is 11.5. The minimum Gasteiger partial charge on any atom is -0.469 e. The zero-order valence-corrected chi connectivity index (χ0v) is 15.0. The van der Waals surface area contributed by atoms with E-state index in [1.807, 2.05) is 12.1 Å². The summed E-state index contributed by atoms with van der Waals surface area (Å²) in [5, 5.41) is 6.77. The first-order chi connectivity index (χ1) is 12.2. The number of ether oxygens (including phenoxy) is 2. The molecule has 0 radical (unpaired) electrons. The standard InChI is InChI=1S/C17H28N4O4/c1-23-13-9-19-16(18-8-5-15-4-3-12-25-15)20-14-6-10-21(11-7-14)17(22)24-2/h3-4,12,14H,5-11,13H2,1-2H3,(H2,18,19,20). The molecule has 25 heavy (non-hydrogen) atoms. The summed E-state index contributed by atoms with van der Waals surface area (Å²) < 4.78 is 15.2. The third kappa shape index (κ3) is 6.66. The van der Waals surface area contributed by atoms with Gasteiger partial charge in [-0.2, -0.15) is 0 Å². The first kappa shape index (κ1) is 19.1. The molecule has 0 atom stereocenters.